The van der Waals surface area contributed by atoms with E-state index in [2.05, 4.69) is 15.3 Å². The molecule has 0 aliphatic heterocycles. The van der Waals surface area contributed by atoms with Gasteiger partial charge in [-0.15, -0.1) is 0 Å². The quantitative estimate of drug-likeness (QED) is 0.439. The molecule has 2 N–H and O–H groups in total. The molecule has 0 unspecified atom stereocenters. The molecule has 4 aromatic rings. The predicted molar refractivity (Wildman–Crippen MR) is 122 cm³/mol. The third-order valence-corrected chi connectivity index (χ3v) is 4.93. The van der Waals surface area contributed by atoms with Crippen LogP contribution in [0.1, 0.15) is 17.0 Å². The minimum absolute atomic E-state index is 0.235. The Hall–Kier alpha value is -4.06. The van der Waals surface area contributed by atoms with Crippen LogP contribution in [0.4, 0.5) is 0 Å². The van der Waals surface area contributed by atoms with Gasteiger partial charge in [0.25, 0.3) is 5.91 Å². The van der Waals surface area contributed by atoms with Gasteiger partial charge in [-0.25, -0.2) is 4.98 Å². The van der Waals surface area contributed by atoms with Crippen molar-refractivity contribution in [2.45, 2.75) is 6.54 Å². The number of carbonyl (C=O) groups excluding carboxylic acids is 1. The Labute approximate surface area is 180 Å². The first-order valence-corrected chi connectivity index (χ1v) is 9.89. The molecule has 0 radical (unpaired) electrons. The second-order valence-electron chi connectivity index (χ2n) is 6.94. The summed E-state index contributed by atoms with van der Waals surface area (Å²) in [7, 11) is 3.18. The number of benzene rings is 3. The normalized spacial score (nSPS) is 11.4. The number of nitrogens with zero attached hydrogens (tertiary/aromatic N) is 1. The number of rotatable bonds is 7. The Bertz CT molecular complexity index is 1200. The minimum Gasteiger partial charge on any atom is -0.497 e. The van der Waals surface area contributed by atoms with Crippen molar-refractivity contribution in [3.63, 3.8) is 0 Å². The van der Waals surface area contributed by atoms with E-state index in [-0.39, 0.29) is 5.91 Å². The van der Waals surface area contributed by atoms with E-state index in [1.165, 1.54) is 0 Å². The number of imidazole rings is 1. The summed E-state index contributed by atoms with van der Waals surface area (Å²) < 4.78 is 10.8. The molecule has 1 aromatic heterocycles. The molecule has 4 rings (SSSR count). The van der Waals surface area contributed by atoms with Crippen molar-refractivity contribution in [3.05, 3.63) is 89.7 Å². The summed E-state index contributed by atoms with van der Waals surface area (Å²) in [4.78, 5) is 21.1. The summed E-state index contributed by atoms with van der Waals surface area (Å²) in [6.45, 7) is 0.414. The van der Waals surface area contributed by atoms with Gasteiger partial charge in [0.2, 0.25) is 0 Å². The van der Waals surface area contributed by atoms with E-state index in [0.717, 1.165) is 22.2 Å². The van der Waals surface area contributed by atoms with Gasteiger partial charge in [0.15, 0.2) is 0 Å². The highest BCUT2D eigenvalue weighted by molar-refractivity contribution is 6.23. The van der Waals surface area contributed by atoms with E-state index in [9.17, 15) is 4.79 Å². The number of nitrogens with one attached hydrogen (secondary N) is 2. The number of aromatic amines is 1. The molecule has 0 aliphatic carbocycles. The molecule has 0 atom stereocenters. The number of fused-ring (bicyclic) bond motifs is 1. The maximum Gasteiger partial charge on any atom is 0.255 e. The van der Waals surface area contributed by atoms with Gasteiger partial charge in [-0.3, -0.25) is 4.79 Å². The van der Waals surface area contributed by atoms with Crippen molar-refractivity contribution in [2.75, 3.05) is 14.2 Å². The number of para-hydroxylation sites is 2. The van der Waals surface area contributed by atoms with Crippen LogP contribution in [0.3, 0.4) is 0 Å². The Morgan fingerprint density at radius 3 is 2.52 bits per heavy atom. The van der Waals surface area contributed by atoms with Crippen molar-refractivity contribution < 1.29 is 14.3 Å². The average Bonchev–Trinajstić information content (AvgIpc) is 3.25. The van der Waals surface area contributed by atoms with Crippen LogP contribution in [0.2, 0.25) is 0 Å². The summed E-state index contributed by atoms with van der Waals surface area (Å²) in [5.41, 5.74) is 3.83. The smallest absolute Gasteiger partial charge is 0.255 e. The highest BCUT2D eigenvalue weighted by Crippen LogP contribution is 2.29. The van der Waals surface area contributed by atoms with Crippen LogP contribution >= 0.6 is 0 Å². The van der Waals surface area contributed by atoms with Crippen LogP contribution in [-0.2, 0) is 11.3 Å². The molecule has 1 heterocycles. The highest BCUT2D eigenvalue weighted by Gasteiger charge is 2.17. The lowest BCUT2D eigenvalue weighted by Crippen LogP contribution is -2.24. The highest BCUT2D eigenvalue weighted by atomic mass is 16.5. The second-order valence-corrected chi connectivity index (χ2v) is 6.94. The number of H-pyrrole nitrogens is 1. The first kappa shape index (κ1) is 20.2. The van der Waals surface area contributed by atoms with E-state index in [0.29, 0.717) is 29.4 Å². The lowest BCUT2D eigenvalue weighted by molar-refractivity contribution is -0.115. The fourth-order valence-corrected chi connectivity index (χ4v) is 3.29. The van der Waals surface area contributed by atoms with E-state index in [1.807, 2.05) is 66.7 Å². The fourth-order valence-electron chi connectivity index (χ4n) is 3.29. The van der Waals surface area contributed by atoms with Gasteiger partial charge in [-0.05, 0) is 35.9 Å². The molecule has 0 aliphatic rings. The Kier molecular flexibility index (Phi) is 5.98. The van der Waals surface area contributed by atoms with E-state index >= 15 is 0 Å². The lowest BCUT2D eigenvalue weighted by Gasteiger charge is -2.11. The maximum atomic E-state index is 13.2. The van der Waals surface area contributed by atoms with E-state index in [4.69, 9.17) is 9.47 Å². The molecule has 1 amide bonds. The fraction of sp³-hybridized carbons (Fsp3) is 0.120. The van der Waals surface area contributed by atoms with E-state index < -0.39 is 0 Å². The third-order valence-electron chi connectivity index (χ3n) is 4.93. The van der Waals surface area contributed by atoms with E-state index in [1.54, 1.807) is 26.4 Å². The largest absolute Gasteiger partial charge is 0.497 e. The number of hydrogen-bond donors (Lipinski definition) is 2. The van der Waals surface area contributed by atoms with Crippen molar-refractivity contribution >= 4 is 28.6 Å². The molecular formula is C25H23N3O3. The second kappa shape index (κ2) is 9.17. The summed E-state index contributed by atoms with van der Waals surface area (Å²) in [5, 5.41) is 2.99. The Morgan fingerprint density at radius 1 is 1.00 bits per heavy atom. The zero-order valence-electron chi connectivity index (χ0n) is 17.4. The average molecular weight is 413 g/mol. The molecule has 0 bridgehead atoms. The van der Waals surface area contributed by atoms with Crippen molar-refractivity contribution in [1.29, 1.82) is 0 Å². The molecule has 0 spiro atoms. The maximum absolute atomic E-state index is 13.2. The lowest BCUT2D eigenvalue weighted by atomic mass is 10.1. The van der Waals surface area contributed by atoms with Gasteiger partial charge < -0.3 is 19.8 Å². The number of carbonyl (C=O) groups is 1. The number of amides is 1. The van der Waals surface area contributed by atoms with Gasteiger partial charge >= 0.3 is 0 Å². The number of methoxy groups -OCH3 is 2. The standard InChI is InChI=1S/C25H23N3O3/c1-30-19-13-12-18(23(15-19)31-2)14-20(24-27-21-10-6-7-11-22(21)28-24)25(29)26-16-17-8-4-3-5-9-17/h3-15H,16H2,1-2H3,(H,26,29)(H,27,28). The van der Waals surface area contributed by atoms with Crippen LogP contribution < -0.4 is 14.8 Å². The molecule has 3 aromatic carbocycles. The van der Waals surface area contributed by atoms with Gasteiger partial charge in [-0.2, -0.15) is 0 Å². The van der Waals surface area contributed by atoms with Gasteiger partial charge in [0.1, 0.15) is 17.3 Å². The topological polar surface area (TPSA) is 76.2 Å². The van der Waals surface area contributed by atoms with Gasteiger partial charge in [0.05, 0.1) is 30.8 Å². The monoisotopic (exact) mass is 413 g/mol. The van der Waals surface area contributed by atoms with Crippen LogP contribution in [0.15, 0.2) is 72.8 Å². The number of ether oxygens (including phenoxy) is 2. The molecule has 6 nitrogen and oxygen atoms in total. The first-order valence-electron chi connectivity index (χ1n) is 9.89. The van der Waals surface area contributed by atoms with Crippen LogP contribution in [0, 0.1) is 0 Å². The Morgan fingerprint density at radius 2 is 1.77 bits per heavy atom. The van der Waals surface area contributed by atoms with Crippen LogP contribution in [0.25, 0.3) is 22.7 Å². The summed E-state index contributed by atoms with van der Waals surface area (Å²) in [5.74, 6) is 1.53. The molecule has 6 heteroatoms. The summed E-state index contributed by atoms with van der Waals surface area (Å²) in [6.07, 6.45) is 1.77. The first-order chi connectivity index (χ1) is 15.2. The SMILES string of the molecule is COc1ccc(C=C(C(=O)NCc2ccccc2)c2nc3ccccc3[nH]2)c(OC)c1. The van der Waals surface area contributed by atoms with Crippen molar-refractivity contribution in [2.24, 2.45) is 0 Å². The molecule has 31 heavy (non-hydrogen) atoms. The zero-order chi connectivity index (χ0) is 21.6. The van der Waals surface area contributed by atoms with Gasteiger partial charge in [-0.1, -0.05) is 42.5 Å². The third kappa shape index (κ3) is 4.59. The molecular weight excluding hydrogens is 390 g/mol. The molecule has 0 saturated carbocycles. The minimum atomic E-state index is -0.235. The van der Waals surface area contributed by atoms with Crippen molar-refractivity contribution in [3.8, 4) is 11.5 Å². The number of aromatic nitrogens is 2. The van der Waals surface area contributed by atoms with Gasteiger partial charge in [0, 0.05) is 18.2 Å². The molecule has 0 saturated heterocycles. The van der Waals surface area contributed by atoms with Crippen LogP contribution in [-0.4, -0.2) is 30.1 Å². The number of hydrogen-bond acceptors (Lipinski definition) is 4. The Balaban J connectivity index is 1.73. The summed E-state index contributed by atoms with van der Waals surface area (Å²) >= 11 is 0. The summed E-state index contributed by atoms with van der Waals surface area (Å²) in [6, 6.07) is 22.9. The van der Waals surface area contributed by atoms with Crippen LogP contribution in [0.5, 0.6) is 11.5 Å². The molecule has 156 valence electrons. The molecule has 0 fully saturated rings. The predicted octanol–water partition coefficient (Wildman–Crippen LogP) is 4.44. The zero-order valence-corrected chi connectivity index (χ0v) is 17.4. The van der Waals surface area contributed by atoms with Crippen molar-refractivity contribution in [1.82, 2.24) is 15.3 Å².